The molecule has 0 aromatic heterocycles. The lowest BCUT2D eigenvalue weighted by Gasteiger charge is -2.37. The van der Waals surface area contributed by atoms with Gasteiger partial charge >= 0.3 is 0 Å². The van der Waals surface area contributed by atoms with E-state index in [4.69, 9.17) is 4.74 Å². The summed E-state index contributed by atoms with van der Waals surface area (Å²) < 4.78 is 6.37. The molecule has 0 bridgehead atoms. The molecule has 0 radical (unpaired) electrons. The standard InChI is InChI=1S/C27H31NOS/c1-21(2)24-15-9-10-16-26(24)30-27(23-13-7-4-8-14-23)25-20-28(17-18-29-25)19-22-11-5-3-6-12-22/h3-16,21,25,27H,17-20H2,1-2H3/t25-,27?/m0/s1. The van der Waals surface area contributed by atoms with Gasteiger partial charge in [0.1, 0.15) is 0 Å². The third-order valence-corrected chi connectivity index (χ3v) is 7.14. The van der Waals surface area contributed by atoms with E-state index in [0.717, 1.165) is 26.2 Å². The highest BCUT2D eigenvalue weighted by Crippen LogP contribution is 2.42. The number of rotatable bonds is 7. The van der Waals surface area contributed by atoms with E-state index in [-0.39, 0.29) is 11.4 Å². The van der Waals surface area contributed by atoms with Crippen molar-refractivity contribution in [1.82, 2.24) is 4.90 Å². The monoisotopic (exact) mass is 417 g/mol. The average molecular weight is 418 g/mol. The first-order valence-electron chi connectivity index (χ1n) is 10.9. The highest BCUT2D eigenvalue weighted by Gasteiger charge is 2.31. The van der Waals surface area contributed by atoms with Gasteiger partial charge in [-0.1, -0.05) is 92.7 Å². The van der Waals surface area contributed by atoms with Gasteiger partial charge in [-0.15, -0.1) is 11.8 Å². The third kappa shape index (κ3) is 5.34. The zero-order valence-electron chi connectivity index (χ0n) is 17.9. The first-order valence-corrected chi connectivity index (χ1v) is 11.8. The number of morpholine rings is 1. The van der Waals surface area contributed by atoms with E-state index >= 15 is 0 Å². The van der Waals surface area contributed by atoms with Gasteiger partial charge in [0.25, 0.3) is 0 Å². The molecular formula is C27H31NOS. The summed E-state index contributed by atoms with van der Waals surface area (Å²) >= 11 is 1.96. The molecule has 2 nitrogen and oxygen atoms in total. The van der Waals surface area contributed by atoms with E-state index in [9.17, 15) is 0 Å². The summed E-state index contributed by atoms with van der Waals surface area (Å²) in [4.78, 5) is 3.90. The summed E-state index contributed by atoms with van der Waals surface area (Å²) in [7, 11) is 0. The number of ether oxygens (including phenoxy) is 1. The molecule has 1 aliphatic rings. The number of hydrogen-bond donors (Lipinski definition) is 0. The van der Waals surface area contributed by atoms with Crippen molar-refractivity contribution < 1.29 is 4.74 Å². The Kier molecular flexibility index (Phi) is 7.27. The summed E-state index contributed by atoms with van der Waals surface area (Å²) in [5.74, 6) is 0.506. The molecule has 1 aliphatic heterocycles. The van der Waals surface area contributed by atoms with Crippen molar-refractivity contribution >= 4 is 11.8 Å². The number of thioether (sulfide) groups is 1. The molecule has 156 valence electrons. The van der Waals surface area contributed by atoms with Crippen LogP contribution in [0.2, 0.25) is 0 Å². The molecule has 3 heteroatoms. The topological polar surface area (TPSA) is 12.5 Å². The van der Waals surface area contributed by atoms with Crippen LogP contribution in [-0.2, 0) is 11.3 Å². The van der Waals surface area contributed by atoms with E-state index < -0.39 is 0 Å². The van der Waals surface area contributed by atoms with E-state index in [1.165, 1.54) is 21.6 Å². The Morgan fingerprint density at radius 3 is 2.30 bits per heavy atom. The molecule has 2 atom stereocenters. The maximum absolute atomic E-state index is 6.37. The van der Waals surface area contributed by atoms with Crippen LogP contribution in [0.15, 0.2) is 89.8 Å². The van der Waals surface area contributed by atoms with Gasteiger partial charge in [0.05, 0.1) is 18.0 Å². The largest absolute Gasteiger partial charge is 0.374 e. The van der Waals surface area contributed by atoms with E-state index in [2.05, 4.69) is 104 Å². The maximum Gasteiger partial charge on any atom is 0.0865 e. The van der Waals surface area contributed by atoms with Crippen LogP contribution in [0.3, 0.4) is 0 Å². The van der Waals surface area contributed by atoms with Crippen molar-refractivity contribution in [3.63, 3.8) is 0 Å². The molecule has 1 fully saturated rings. The summed E-state index contributed by atoms with van der Waals surface area (Å²) in [6.07, 6.45) is 0.162. The van der Waals surface area contributed by atoms with Crippen molar-refractivity contribution in [2.75, 3.05) is 19.7 Å². The molecule has 0 saturated carbocycles. The zero-order chi connectivity index (χ0) is 20.8. The van der Waals surface area contributed by atoms with Gasteiger partial charge in [-0.05, 0) is 28.7 Å². The van der Waals surface area contributed by atoms with Crippen LogP contribution in [0.4, 0.5) is 0 Å². The molecule has 0 amide bonds. The molecule has 30 heavy (non-hydrogen) atoms. The van der Waals surface area contributed by atoms with Gasteiger partial charge in [-0.2, -0.15) is 0 Å². The van der Waals surface area contributed by atoms with Gasteiger partial charge in [0, 0.05) is 24.5 Å². The minimum Gasteiger partial charge on any atom is -0.374 e. The quantitative estimate of drug-likeness (QED) is 0.405. The minimum atomic E-state index is 0.162. The van der Waals surface area contributed by atoms with Crippen LogP contribution in [0.5, 0.6) is 0 Å². The van der Waals surface area contributed by atoms with Crippen LogP contribution in [0, 0.1) is 0 Å². The second kappa shape index (κ2) is 10.3. The lowest BCUT2D eigenvalue weighted by Crippen LogP contribution is -2.44. The van der Waals surface area contributed by atoms with Crippen LogP contribution < -0.4 is 0 Å². The average Bonchev–Trinajstić information content (AvgIpc) is 2.79. The lowest BCUT2D eigenvalue weighted by molar-refractivity contribution is -0.0319. The highest BCUT2D eigenvalue weighted by molar-refractivity contribution is 7.99. The Bertz CT molecular complexity index is 912. The number of hydrogen-bond acceptors (Lipinski definition) is 3. The molecule has 3 aromatic rings. The van der Waals surface area contributed by atoms with Crippen LogP contribution in [-0.4, -0.2) is 30.7 Å². The first-order chi connectivity index (χ1) is 14.7. The van der Waals surface area contributed by atoms with Crippen molar-refractivity contribution in [3.05, 3.63) is 102 Å². The summed E-state index contributed by atoms with van der Waals surface area (Å²) in [5, 5.41) is 0.268. The molecule has 0 N–H and O–H groups in total. The highest BCUT2D eigenvalue weighted by atomic mass is 32.2. The Morgan fingerprint density at radius 1 is 0.900 bits per heavy atom. The van der Waals surface area contributed by atoms with Crippen molar-refractivity contribution in [2.24, 2.45) is 0 Å². The molecule has 1 unspecified atom stereocenters. The van der Waals surface area contributed by atoms with Gasteiger partial charge < -0.3 is 4.74 Å². The van der Waals surface area contributed by atoms with E-state index in [1.54, 1.807) is 0 Å². The lowest BCUT2D eigenvalue weighted by atomic mass is 10.0. The molecular weight excluding hydrogens is 386 g/mol. The molecule has 1 saturated heterocycles. The smallest absolute Gasteiger partial charge is 0.0865 e. The minimum absolute atomic E-state index is 0.162. The van der Waals surface area contributed by atoms with E-state index in [1.807, 2.05) is 11.8 Å². The van der Waals surface area contributed by atoms with Gasteiger partial charge in [-0.25, -0.2) is 0 Å². The van der Waals surface area contributed by atoms with Gasteiger partial charge in [-0.3, -0.25) is 4.90 Å². The van der Waals surface area contributed by atoms with Gasteiger partial charge in [0.15, 0.2) is 0 Å². The van der Waals surface area contributed by atoms with E-state index in [0.29, 0.717) is 5.92 Å². The van der Waals surface area contributed by atoms with Crippen molar-refractivity contribution in [2.45, 2.75) is 42.6 Å². The zero-order valence-corrected chi connectivity index (χ0v) is 18.7. The molecule has 3 aromatic carbocycles. The molecule has 0 spiro atoms. The fourth-order valence-electron chi connectivity index (χ4n) is 4.10. The predicted molar refractivity (Wildman–Crippen MR) is 127 cm³/mol. The SMILES string of the molecule is CC(C)c1ccccc1SC(c1ccccc1)[C@@H]1CN(Cc2ccccc2)CCO1. The van der Waals surface area contributed by atoms with Crippen molar-refractivity contribution in [3.8, 4) is 0 Å². The Labute approximate surface area is 185 Å². The molecule has 4 rings (SSSR count). The normalized spacial score (nSPS) is 18.4. The summed E-state index contributed by atoms with van der Waals surface area (Å²) in [6.45, 7) is 8.25. The fraction of sp³-hybridized carbons (Fsp3) is 0.333. The Balaban J connectivity index is 1.57. The fourth-order valence-corrected chi connectivity index (χ4v) is 5.58. The Hall–Kier alpha value is -2.07. The van der Waals surface area contributed by atoms with Gasteiger partial charge in [0.2, 0.25) is 0 Å². The van der Waals surface area contributed by atoms with Crippen LogP contribution >= 0.6 is 11.8 Å². The second-order valence-corrected chi connectivity index (χ2v) is 9.46. The molecule has 0 aliphatic carbocycles. The van der Waals surface area contributed by atoms with Crippen LogP contribution in [0.1, 0.15) is 41.7 Å². The number of nitrogens with zero attached hydrogens (tertiary/aromatic N) is 1. The first kappa shape index (κ1) is 21.2. The third-order valence-electron chi connectivity index (χ3n) is 5.69. The maximum atomic E-state index is 6.37. The van der Waals surface area contributed by atoms with Crippen molar-refractivity contribution in [1.29, 1.82) is 0 Å². The summed E-state index contributed by atoms with van der Waals surface area (Å²) in [6, 6.07) is 30.5. The summed E-state index contributed by atoms with van der Waals surface area (Å²) in [5.41, 5.74) is 4.13. The van der Waals surface area contributed by atoms with Crippen LogP contribution in [0.25, 0.3) is 0 Å². The number of benzene rings is 3. The Morgan fingerprint density at radius 2 is 1.57 bits per heavy atom. The second-order valence-electron chi connectivity index (χ2n) is 8.27. The molecule has 1 heterocycles. The predicted octanol–water partition coefficient (Wildman–Crippen LogP) is 6.54.